The molecule has 0 bridgehead atoms. The highest BCUT2D eigenvalue weighted by atomic mass is 16.5. The molecule has 2 aliphatic heterocycles. The van der Waals surface area contributed by atoms with Crippen molar-refractivity contribution in [2.75, 3.05) is 39.8 Å². The third-order valence-corrected chi connectivity index (χ3v) is 5.11. The summed E-state index contributed by atoms with van der Waals surface area (Å²) in [7, 11) is 1.66. The number of amides is 2. The van der Waals surface area contributed by atoms with Crippen LogP contribution in [0.1, 0.15) is 37.3 Å². The monoisotopic (exact) mass is 345 g/mol. The lowest BCUT2D eigenvalue weighted by molar-refractivity contribution is -0.132. The van der Waals surface area contributed by atoms with Crippen molar-refractivity contribution in [3.8, 4) is 5.75 Å². The molecular weight excluding hydrogens is 318 g/mol. The molecule has 136 valence electrons. The van der Waals surface area contributed by atoms with Crippen LogP contribution in [-0.2, 0) is 9.59 Å². The number of hydrogen-bond acceptors (Lipinski definition) is 4. The lowest BCUT2D eigenvalue weighted by Gasteiger charge is -2.24. The van der Waals surface area contributed by atoms with Gasteiger partial charge in [-0.3, -0.25) is 14.5 Å². The molecule has 0 radical (unpaired) electrons. The fourth-order valence-electron chi connectivity index (χ4n) is 3.71. The Hall–Kier alpha value is -2.08. The number of rotatable bonds is 6. The first kappa shape index (κ1) is 17.7. The molecule has 1 atom stereocenters. The Balaban J connectivity index is 1.50. The second-order valence-electron chi connectivity index (χ2n) is 6.77. The molecule has 0 saturated carbocycles. The molecule has 1 aromatic carbocycles. The smallest absolute Gasteiger partial charge is 0.241 e. The van der Waals surface area contributed by atoms with Crippen molar-refractivity contribution < 1.29 is 14.3 Å². The van der Waals surface area contributed by atoms with Crippen molar-refractivity contribution in [3.63, 3.8) is 0 Å². The summed E-state index contributed by atoms with van der Waals surface area (Å²) in [5, 5.41) is 2.78. The molecule has 2 aliphatic rings. The van der Waals surface area contributed by atoms with Gasteiger partial charge in [0.2, 0.25) is 11.8 Å². The van der Waals surface area contributed by atoms with Crippen LogP contribution >= 0.6 is 0 Å². The van der Waals surface area contributed by atoms with Crippen LogP contribution in [0.4, 0.5) is 0 Å². The van der Waals surface area contributed by atoms with Gasteiger partial charge in [0.25, 0.3) is 0 Å². The van der Waals surface area contributed by atoms with Crippen molar-refractivity contribution in [2.45, 2.75) is 31.7 Å². The van der Waals surface area contributed by atoms with E-state index < -0.39 is 0 Å². The van der Waals surface area contributed by atoms with Gasteiger partial charge in [0.15, 0.2) is 0 Å². The first-order valence-corrected chi connectivity index (χ1v) is 9.10. The molecule has 6 nitrogen and oxygen atoms in total. The van der Waals surface area contributed by atoms with Gasteiger partial charge in [0, 0.05) is 19.1 Å². The predicted molar refractivity (Wildman–Crippen MR) is 95.4 cm³/mol. The van der Waals surface area contributed by atoms with Gasteiger partial charge in [0.1, 0.15) is 5.75 Å². The zero-order valence-electron chi connectivity index (χ0n) is 14.9. The lowest BCUT2D eigenvalue weighted by atomic mass is 10.0. The van der Waals surface area contributed by atoms with E-state index in [9.17, 15) is 9.59 Å². The van der Waals surface area contributed by atoms with Gasteiger partial charge in [-0.25, -0.2) is 0 Å². The van der Waals surface area contributed by atoms with Crippen molar-refractivity contribution in [3.05, 3.63) is 29.8 Å². The normalized spacial score (nSPS) is 20.7. The Morgan fingerprint density at radius 3 is 2.52 bits per heavy atom. The summed E-state index contributed by atoms with van der Waals surface area (Å²) in [4.78, 5) is 28.3. The third kappa shape index (κ3) is 4.51. The second-order valence-corrected chi connectivity index (χ2v) is 6.77. The van der Waals surface area contributed by atoms with Gasteiger partial charge in [-0.15, -0.1) is 0 Å². The number of ether oxygens (including phenoxy) is 1. The van der Waals surface area contributed by atoms with Crippen LogP contribution in [0.3, 0.4) is 0 Å². The van der Waals surface area contributed by atoms with Crippen LogP contribution < -0.4 is 10.1 Å². The standard InChI is InChI=1S/C19H27N3O3/c1-25-16-8-6-15(7-9-16)17-5-4-12-22(17)14-18(23)20-13-19(24)21-10-2-3-11-21/h6-9,17H,2-5,10-14H2,1H3,(H,20,23). The zero-order valence-corrected chi connectivity index (χ0v) is 14.9. The van der Waals surface area contributed by atoms with Crippen LogP contribution in [-0.4, -0.2) is 61.4 Å². The van der Waals surface area contributed by atoms with E-state index in [1.54, 1.807) is 7.11 Å². The zero-order chi connectivity index (χ0) is 17.6. The Kier molecular flexibility index (Phi) is 5.91. The van der Waals surface area contributed by atoms with Gasteiger partial charge < -0.3 is 15.0 Å². The number of carbonyl (C=O) groups is 2. The lowest BCUT2D eigenvalue weighted by Crippen LogP contribution is -2.42. The molecule has 3 rings (SSSR count). The van der Waals surface area contributed by atoms with Crippen LogP contribution in [0, 0.1) is 0 Å². The summed E-state index contributed by atoms with van der Waals surface area (Å²) in [6.45, 7) is 2.99. The van der Waals surface area contributed by atoms with Gasteiger partial charge in [-0.1, -0.05) is 12.1 Å². The minimum absolute atomic E-state index is 0.0268. The minimum Gasteiger partial charge on any atom is -0.497 e. The first-order chi connectivity index (χ1) is 12.2. The SMILES string of the molecule is COc1ccc(C2CCCN2CC(=O)NCC(=O)N2CCCC2)cc1. The van der Waals surface area contributed by atoms with Crippen molar-refractivity contribution in [1.29, 1.82) is 0 Å². The van der Waals surface area contributed by atoms with Crippen LogP contribution in [0.5, 0.6) is 5.75 Å². The number of methoxy groups -OCH3 is 1. The molecule has 2 saturated heterocycles. The van der Waals surface area contributed by atoms with Crippen molar-refractivity contribution >= 4 is 11.8 Å². The van der Waals surface area contributed by atoms with E-state index in [1.807, 2.05) is 17.0 Å². The Bertz CT molecular complexity index is 596. The maximum Gasteiger partial charge on any atom is 0.241 e. The molecule has 2 amide bonds. The van der Waals surface area contributed by atoms with Gasteiger partial charge in [0.05, 0.1) is 20.2 Å². The van der Waals surface area contributed by atoms with Gasteiger partial charge in [-0.2, -0.15) is 0 Å². The maximum atomic E-state index is 12.3. The largest absolute Gasteiger partial charge is 0.497 e. The minimum atomic E-state index is -0.0760. The summed E-state index contributed by atoms with van der Waals surface area (Å²) in [6.07, 6.45) is 4.26. The fraction of sp³-hybridized carbons (Fsp3) is 0.579. The summed E-state index contributed by atoms with van der Waals surface area (Å²) in [6, 6.07) is 8.31. The number of nitrogens with one attached hydrogen (secondary N) is 1. The van der Waals surface area contributed by atoms with E-state index in [4.69, 9.17) is 4.74 Å². The number of carbonyl (C=O) groups excluding carboxylic acids is 2. The van der Waals surface area contributed by atoms with Crippen molar-refractivity contribution in [1.82, 2.24) is 15.1 Å². The molecular formula is C19H27N3O3. The molecule has 2 heterocycles. The number of hydrogen-bond donors (Lipinski definition) is 1. The molecule has 0 spiro atoms. The summed E-state index contributed by atoms with van der Waals surface area (Å²) < 4.78 is 5.21. The number of benzene rings is 1. The van der Waals surface area contributed by atoms with E-state index in [2.05, 4.69) is 22.3 Å². The van der Waals surface area contributed by atoms with E-state index in [1.165, 1.54) is 5.56 Å². The molecule has 0 aliphatic carbocycles. The van der Waals surface area contributed by atoms with Crippen LogP contribution in [0.15, 0.2) is 24.3 Å². The van der Waals surface area contributed by atoms with E-state index in [0.717, 1.165) is 51.1 Å². The molecule has 6 heteroatoms. The topological polar surface area (TPSA) is 61.9 Å². The quantitative estimate of drug-likeness (QED) is 0.850. The summed E-state index contributed by atoms with van der Waals surface area (Å²) in [5.41, 5.74) is 1.21. The predicted octanol–water partition coefficient (Wildman–Crippen LogP) is 1.57. The second kappa shape index (κ2) is 8.34. The average Bonchev–Trinajstić information content (AvgIpc) is 3.32. The van der Waals surface area contributed by atoms with Crippen LogP contribution in [0.2, 0.25) is 0 Å². The highest BCUT2D eigenvalue weighted by molar-refractivity contribution is 5.85. The fourth-order valence-corrected chi connectivity index (χ4v) is 3.71. The van der Waals surface area contributed by atoms with E-state index >= 15 is 0 Å². The van der Waals surface area contributed by atoms with Gasteiger partial charge in [-0.05, 0) is 49.9 Å². The average molecular weight is 345 g/mol. The highest BCUT2D eigenvalue weighted by Gasteiger charge is 2.28. The van der Waals surface area contributed by atoms with Crippen LogP contribution in [0.25, 0.3) is 0 Å². The van der Waals surface area contributed by atoms with E-state index in [-0.39, 0.29) is 24.4 Å². The van der Waals surface area contributed by atoms with E-state index in [0.29, 0.717) is 6.54 Å². The molecule has 0 aromatic heterocycles. The Morgan fingerprint density at radius 2 is 1.84 bits per heavy atom. The Labute approximate surface area is 149 Å². The first-order valence-electron chi connectivity index (χ1n) is 9.10. The van der Waals surface area contributed by atoms with Crippen molar-refractivity contribution in [2.24, 2.45) is 0 Å². The summed E-state index contributed by atoms with van der Waals surface area (Å²) in [5.74, 6) is 0.790. The molecule has 1 aromatic rings. The molecule has 2 fully saturated rings. The Morgan fingerprint density at radius 1 is 1.12 bits per heavy atom. The molecule has 1 N–H and O–H groups in total. The molecule has 1 unspecified atom stereocenters. The maximum absolute atomic E-state index is 12.3. The summed E-state index contributed by atoms with van der Waals surface area (Å²) >= 11 is 0. The third-order valence-electron chi connectivity index (χ3n) is 5.11. The number of likely N-dealkylation sites (tertiary alicyclic amines) is 2. The van der Waals surface area contributed by atoms with Gasteiger partial charge >= 0.3 is 0 Å². The molecule has 25 heavy (non-hydrogen) atoms. The number of nitrogens with zero attached hydrogens (tertiary/aromatic N) is 2. The highest BCUT2D eigenvalue weighted by Crippen LogP contribution is 2.32.